The molecule has 1 amide bonds. The van der Waals surface area contributed by atoms with Gasteiger partial charge in [0.05, 0.1) is 0 Å². The molecule has 0 aliphatic carbocycles. The predicted molar refractivity (Wildman–Crippen MR) is 70.4 cm³/mol. The molecule has 2 unspecified atom stereocenters. The van der Waals surface area contributed by atoms with E-state index in [1.807, 2.05) is 18.1 Å². The molecule has 5 heteroatoms. The van der Waals surface area contributed by atoms with Gasteiger partial charge in [-0.05, 0) is 24.9 Å². The Morgan fingerprint density at radius 2 is 2.39 bits per heavy atom. The molecule has 1 aliphatic rings. The number of hydrogen-bond acceptors (Lipinski definition) is 3. The van der Waals surface area contributed by atoms with Gasteiger partial charge in [0.15, 0.2) is 0 Å². The Labute approximate surface area is 108 Å². The minimum Gasteiger partial charge on any atom is -0.337 e. The minimum absolute atomic E-state index is 0.0531. The summed E-state index contributed by atoms with van der Waals surface area (Å²) in [4.78, 5) is 14.2. The molecule has 0 saturated carbocycles. The van der Waals surface area contributed by atoms with Gasteiger partial charge in [-0.15, -0.1) is 0 Å². The fraction of sp³-hybridized carbons (Fsp3) is 0.692. The van der Waals surface area contributed by atoms with E-state index in [2.05, 4.69) is 24.3 Å². The monoisotopic (exact) mass is 250 g/mol. The first kappa shape index (κ1) is 13.1. The number of piperidine rings is 1. The summed E-state index contributed by atoms with van der Waals surface area (Å²) < 4.78 is 1.67. The van der Waals surface area contributed by atoms with E-state index >= 15 is 0 Å². The van der Waals surface area contributed by atoms with Crippen molar-refractivity contribution in [2.24, 2.45) is 13.0 Å². The number of amides is 1. The molecule has 1 fully saturated rings. The molecule has 0 aromatic carbocycles. The zero-order chi connectivity index (χ0) is 13.1. The van der Waals surface area contributed by atoms with E-state index in [4.69, 9.17) is 0 Å². The molecule has 0 bridgehead atoms. The Bertz CT molecular complexity index is 415. The van der Waals surface area contributed by atoms with E-state index < -0.39 is 0 Å². The lowest BCUT2D eigenvalue weighted by molar-refractivity contribution is 0.0639. The fourth-order valence-electron chi connectivity index (χ4n) is 2.59. The van der Waals surface area contributed by atoms with Gasteiger partial charge < -0.3 is 10.2 Å². The zero-order valence-corrected chi connectivity index (χ0v) is 11.4. The largest absolute Gasteiger partial charge is 0.337 e. The number of carbonyl (C=O) groups excluding carboxylic acids is 1. The van der Waals surface area contributed by atoms with Crippen molar-refractivity contribution in [3.05, 3.63) is 18.0 Å². The first-order chi connectivity index (χ1) is 8.61. The Balaban J connectivity index is 1.98. The minimum atomic E-state index is 0.0531. The molecule has 1 aliphatic heterocycles. The number of nitrogens with one attached hydrogen (secondary N) is 1. The molecule has 2 atom stereocenters. The molecule has 1 N–H and O–H groups in total. The lowest BCUT2D eigenvalue weighted by Gasteiger charge is -2.37. The molecule has 2 heterocycles. The van der Waals surface area contributed by atoms with Crippen LogP contribution in [0.2, 0.25) is 0 Å². The van der Waals surface area contributed by atoms with Crippen LogP contribution in [0.3, 0.4) is 0 Å². The Morgan fingerprint density at radius 3 is 2.94 bits per heavy atom. The van der Waals surface area contributed by atoms with Crippen molar-refractivity contribution in [1.82, 2.24) is 20.0 Å². The van der Waals surface area contributed by atoms with Gasteiger partial charge in [-0.1, -0.05) is 13.8 Å². The molecule has 18 heavy (non-hydrogen) atoms. The highest BCUT2D eigenvalue weighted by atomic mass is 16.2. The maximum absolute atomic E-state index is 12.3. The third kappa shape index (κ3) is 2.72. The van der Waals surface area contributed by atoms with Crippen molar-refractivity contribution in [3.8, 4) is 0 Å². The van der Waals surface area contributed by atoms with Gasteiger partial charge in [0, 0.05) is 32.4 Å². The SMILES string of the molecule is CCNC1CCN(C(=O)c2ccn(C)n2)CC1C. The smallest absolute Gasteiger partial charge is 0.274 e. The van der Waals surface area contributed by atoms with Gasteiger partial charge in [-0.3, -0.25) is 9.48 Å². The van der Waals surface area contributed by atoms with E-state index in [0.717, 1.165) is 26.1 Å². The molecule has 5 nitrogen and oxygen atoms in total. The Morgan fingerprint density at radius 1 is 1.61 bits per heavy atom. The van der Waals surface area contributed by atoms with Crippen LogP contribution >= 0.6 is 0 Å². The van der Waals surface area contributed by atoms with E-state index in [1.165, 1.54) is 0 Å². The van der Waals surface area contributed by atoms with Gasteiger partial charge >= 0.3 is 0 Å². The lowest BCUT2D eigenvalue weighted by atomic mass is 9.93. The fourth-order valence-corrected chi connectivity index (χ4v) is 2.59. The second-order valence-corrected chi connectivity index (χ2v) is 5.06. The summed E-state index contributed by atoms with van der Waals surface area (Å²) in [5, 5.41) is 7.66. The first-order valence-corrected chi connectivity index (χ1v) is 6.64. The number of likely N-dealkylation sites (tertiary alicyclic amines) is 1. The summed E-state index contributed by atoms with van der Waals surface area (Å²) >= 11 is 0. The van der Waals surface area contributed by atoms with E-state index in [0.29, 0.717) is 17.7 Å². The third-order valence-electron chi connectivity index (χ3n) is 3.59. The van der Waals surface area contributed by atoms with Gasteiger partial charge in [0.2, 0.25) is 0 Å². The molecule has 0 radical (unpaired) electrons. The summed E-state index contributed by atoms with van der Waals surface area (Å²) in [6, 6.07) is 2.31. The zero-order valence-electron chi connectivity index (χ0n) is 11.4. The van der Waals surface area contributed by atoms with Crippen molar-refractivity contribution in [2.75, 3.05) is 19.6 Å². The van der Waals surface area contributed by atoms with Crippen molar-refractivity contribution < 1.29 is 4.79 Å². The van der Waals surface area contributed by atoms with Crippen LogP contribution in [-0.4, -0.2) is 46.3 Å². The van der Waals surface area contributed by atoms with Crippen LogP contribution < -0.4 is 5.32 Å². The molecule has 1 aromatic heterocycles. The molecule has 2 rings (SSSR count). The van der Waals surface area contributed by atoms with Gasteiger partial charge in [0.1, 0.15) is 5.69 Å². The molecule has 1 saturated heterocycles. The van der Waals surface area contributed by atoms with Crippen molar-refractivity contribution in [2.45, 2.75) is 26.3 Å². The number of aryl methyl sites for hydroxylation is 1. The summed E-state index contributed by atoms with van der Waals surface area (Å²) in [6.07, 6.45) is 2.83. The maximum Gasteiger partial charge on any atom is 0.274 e. The highest BCUT2D eigenvalue weighted by molar-refractivity contribution is 5.92. The van der Waals surface area contributed by atoms with Crippen LogP contribution in [0.25, 0.3) is 0 Å². The van der Waals surface area contributed by atoms with Crippen molar-refractivity contribution in [3.63, 3.8) is 0 Å². The quantitative estimate of drug-likeness (QED) is 0.866. The van der Waals surface area contributed by atoms with Crippen LogP contribution in [0.1, 0.15) is 30.8 Å². The van der Waals surface area contributed by atoms with Gasteiger partial charge in [-0.25, -0.2) is 0 Å². The summed E-state index contributed by atoms with van der Waals surface area (Å²) in [5.41, 5.74) is 0.548. The lowest BCUT2D eigenvalue weighted by Crippen LogP contribution is -2.50. The number of nitrogens with zero attached hydrogens (tertiary/aromatic N) is 3. The van der Waals surface area contributed by atoms with Gasteiger partial charge in [0.25, 0.3) is 5.91 Å². The molecule has 0 spiro atoms. The average molecular weight is 250 g/mol. The number of carbonyl (C=O) groups is 1. The number of hydrogen-bond donors (Lipinski definition) is 1. The van der Waals surface area contributed by atoms with Crippen LogP contribution in [0.4, 0.5) is 0 Å². The van der Waals surface area contributed by atoms with Crippen LogP contribution in [0, 0.1) is 5.92 Å². The van der Waals surface area contributed by atoms with E-state index in [-0.39, 0.29) is 5.91 Å². The summed E-state index contributed by atoms with van der Waals surface area (Å²) in [7, 11) is 1.83. The number of aromatic nitrogens is 2. The third-order valence-corrected chi connectivity index (χ3v) is 3.59. The first-order valence-electron chi connectivity index (χ1n) is 6.64. The molecule has 100 valence electrons. The second kappa shape index (κ2) is 5.52. The van der Waals surface area contributed by atoms with E-state index in [1.54, 1.807) is 10.7 Å². The standard InChI is InChI=1S/C13H22N4O/c1-4-14-11-6-8-17(9-10(11)2)13(18)12-5-7-16(3)15-12/h5,7,10-11,14H,4,6,8-9H2,1-3H3. The molecular weight excluding hydrogens is 228 g/mol. The van der Waals surface area contributed by atoms with Crippen molar-refractivity contribution >= 4 is 5.91 Å². The Kier molecular flexibility index (Phi) is 4.01. The molecular formula is C13H22N4O. The Hall–Kier alpha value is -1.36. The highest BCUT2D eigenvalue weighted by Crippen LogP contribution is 2.18. The predicted octanol–water partition coefficient (Wildman–Crippen LogP) is 0.880. The maximum atomic E-state index is 12.3. The highest BCUT2D eigenvalue weighted by Gasteiger charge is 2.29. The van der Waals surface area contributed by atoms with Crippen LogP contribution in [0.15, 0.2) is 12.3 Å². The molecule has 1 aromatic rings. The van der Waals surface area contributed by atoms with Gasteiger partial charge in [-0.2, -0.15) is 5.10 Å². The van der Waals surface area contributed by atoms with Crippen molar-refractivity contribution in [1.29, 1.82) is 0 Å². The van der Waals surface area contributed by atoms with Crippen LogP contribution in [0.5, 0.6) is 0 Å². The summed E-state index contributed by atoms with van der Waals surface area (Å²) in [6.45, 7) is 6.94. The summed E-state index contributed by atoms with van der Waals surface area (Å²) in [5.74, 6) is 0.545. The number of rotatable bonds is 3. The second-order valence-electron chi connectivity index (χ2n) is 5.06. The average Bonchev–Trinajstić information content (AvgIpc) is 2.78. The normalized spacial score (nSPS) is 24.3. The van der Waals surface area contributed by atoms with Crippen LogP contribution in [-0.2, 0) is 7.05 Å². The topological polar surface area (TPSA) is 50.2 Å². The van der Waals surface area contributed by atoms with E-state index in [9.17, 15) is 4.79 Å².